The minimum absolute atomic E-state index is 0.490. The van der Waals surface area contributed by atoms with Gasteiger partial charge < -0.3 is 5.32 Å². The van der Waals surface area contributed by atoms with E-state index in [1.165, 1.54) is 24.8 Å². The number of benzene rings is 1. The first-order valence-electron chi connectivity index (χ1n) is 6.96. The molecule has 0 aliphatic heterocycles. The maximum atomic E-state index is 6.20. The van der Waals surface area contributed by atoms with Crippen LogP contribution in [-0.4, -0.2) is 12.1 Å². The largest absolute Gasteiger partial charge is 0.311 e. The third kappa shape index (κ3) is 3.73. The Balaban J connectivity index is 1.86. The van der Waals surface area contributed by atoms with Crippen LogP contribution in [0, 0.1) is 5.41 Å². The highest BCUT2D eigenvalue weighted by Crippen LogP contribution is 2.37. The highest BCUT2D eigenvalue weighted by atomic mass is 35.5. The molecule has 18 heavy (non-hydrogen) atoms. The van der Waals surface area contributed by atoms with Gasteiger partial charge in [0, 0.05) is 17.1 Å². The van der Waals surface area contributed by atoms with E-state index in [0.717, 1.165) is 11.4 Å². The van der Waals surface area contributed by atoms with Crippen LogP contribution in [0.1, 0.15) is 45.6 Å². The molecule has 2 atom stereocenters. The summed E-state index contributed by atoms with van der Waals surface area (Å²) in [4.78, 5) is 0. The van der Waals surface area contributed by atoms with Crippen LogP contribution >= 0.6 is 11.6 Å². The molecule has 1 aromatic rings. The summed E-state index contributed by atoms with van der Waals surface area (Å²) >= 11 is 6.20. The summed E-state index contributed by atoms with van der Waals surface area (Å²) < 4.78 is 0. The Morgan fingerprint density at radius 2 is 2.11 bits per heavy atom. The smallest absolute Gasteiger partial charge is 0.0438 e. The van der Waals surface area contributed by atoms with Crippen molar-refractivity contribution in [3.05, 3.63) is 34.9 Å². The molecule has 0 heterocycles. The van der Waals surface area contributed by atoms with Crippen molar-refractivity contribution in [2.75, 3.05) is 0 Å². The molecule has 1 aliphatic rings. The SMILES string of the molecule is CC(Cc1ccccc1Cl)NC1CCC(C)(C)C1. The number of rotatable bonds is 4. The van der Waals surface area contributed by atoms with Crippen molar-refractivity contribution in [1.82, 2.24) is 5.32 Å². The number of hydrogen-bond acceptors (Lipinski definition) is 1. The third-order valence-corrected chi connectivity index (χ3v) is 4.34. The molecule has 2 unspecified atom stereocenters. The second-order valence-electron chi connectivity index (χ2n) is 6.47. The summed E-state index contributed by atoms with van der Waals surface area (Å²) in [5.41, 5.74) is 1.76. The van der Waals surface area contributed by atoms with Crippen molar-refractivity contribution in [3.63, 3.8) is 0 Å². The van der Waals surface area contributed by atoms with E-state index in [2.05, 4.69) is 38.2 Å². The van der Waals surface area contributed by atoms with Gasteiger partial charge in [0.2, 0.25) is 0 Å². The third-order valence-electron chi connectivity index (χ3n) is 3.97. The molecule has 1 aromatic carbocycles. The lowest BCUT2D eigenvalue weighted by atomic mass is 9.91. The maximum Gasteiger partial charge on any atom is 0.0438 e. The Bertz CT molecular complexity index is 400. The van der Waals surface area contributed by atoms with E-state index in [9.17, 15) is 0 Å². The lowest BCUT2D eigenvalue weighted by Crippen LogP contribution is -2.36. The normalized spacial score (nSPS) is 24.1. The molecule has 0 saturated heterocycles. The van der Waals surface area contributed by atoms with Crippen molar-refractivity contribution in [1.29, 1.82) is 0 Å². The van der Waals surface area contributed by atoms with Gasteiger partial charge in [0.15, 0.2) is 0 Å². The molecule has 0 aromatic heterocycles. The van der Waals surface area contributed by atoms with Crippen LogP contribution in [0.5, 0.6) is 0 Å². The molecule has 100 valence electrons. The summed E-state index contributed by atoms with van der Waals surface area (Å²) in [6.45, 7) is 7.00. The van der Waals surface area contributed by atoms with Gasteiger partial charge in [-0.25, -0.2) is 0 Å². The first-order valence-corrected chi connectivity index (χ1v) is 7.33. The van der Waals surface area contributed by atoms with E-state index in [1.807, 2.05) is 12.1 Å². The van der Waals surface area contributed by atoms with Crippen molar-refractivity contribution in [2.45, 2.75) is 58.5 Å². The van der Waals surface area contributed by atoms with Gasteiger partial charge in [0.1, 0.15) is 0 Å². The van der Waals surface area contributed by atoms with Gasteiger partial charge in [0.25, 0.3) is 0 Å². The summed E-state index contributed by atoms with van der Waals surface area (Å²) in [5, 5.41) is 4.64. The molecule has 0 bridgehead atoms. The quantitative estimate of drug-likeness (QED) is 0.849. The van der Waals surface area contributed by atoms with Crippen molar-refractivity contribution >= 4 is 11.6 Å². The van der Waals surface area contributed by atoms with E-state index in [1.54, 1.807) is 0 Å². The zero-order valence-electron chi connectivity index (χ0n) is 11.7. The van der Waals surface area contributed by atoms with Crippen LogP contribution in [-0.2, 0) is 6.42 Å². The van der Waals surface area contributed by atoms with Crippen molar-refractivity contribution < 1.29 is 0 Å². The number of hydrogen-bond donors (Lipinski definition) is 1. The summed E-state index contributed by atoms with van der Waals surface area (Å²) in [6.07, 6.45) is 4.94. The van der Waals surface area contributed by atoms with E-state index in [0.29, 0.717) is 17.5 Å². The van der Waals surface area contributed by atoms with Crippen LogP contribution < -0.4 is 5.32 Å². The summed E-state index contributed by atoms with van der Waals surface area (Å²) in [7, 11) is 0. The fourth-order valence-corrected chi connectivity index (χ4v) is 3.25. The van der Waals surface area contributed by atoms with E-state index < -0.39 is 0 Å². The predicted octanol–water partition coefficient (Wildman–Crippen LogP) is 4.44. The molecule has 0 amide bonds. The Morgan fingerprint density at radius 1 is 1.39 bits per heavy atom. The molecule has 0 spiro atoms. The van der Waals surface area contributed by atoms with E-state index in [4.69, 9.17) is 11.6 Å². The van der Waals surface area contributed by atoms with E-state index in [-0.39, 0.29) is 0 Å². The Labute approximate surface area is 116 Å². The zero-order chi connectivity index (χ0) is 13.2. The second kappa shape index (κ2) is 5.63. The maximum absolute atomic E-state index is 6.20. The molecule has 1 fully saturated rings. The molecule has 2 heteroatoms. The highest BCUT2D eigenvalue weighted by molar-refractivity contribution is 6.31. The molecular weight excluding hydrogens is 242 g/mol. The van der Waals surface area contributed by atoms with E-state index >= 15 is 0 Å². The first-order chi connectivity index (χ1) is 8.46. The zero-order valence-corrected chi connectivity index (χ0v) is 12.4. The second-order valence-corrected chi connectivity index (χ2v) is 6.87. The molecule has 1 saturated carbocycles. The van der Waals surface area contributed by atoms with Gasteiger partial charge in [-0.2, -0.15) is 0 Å². The molecule has 1 aliphatic carbocycles. The lowest BCUT2D eigenvalue weighted by molar-refractivity contribution is 0.354. The molecule has 2 rings (SSSR count). The predicted molar refractivity (Wildman–Crippen MR) is 79.2 cm³/mol. The molecular formula is C16H24ClN. The van der Waals surface area contributed by atoms with Crippen LogP contribution in [0.4, 0.5) is 0 Å². The summed E-state index contributed by atoms with van der Waals surface area (Å²) in [5.74, 6) is 0. The fraction of sp³-hybridized carbons (Fsp3) is 0.625. The Hall–Kier alpha value is -0.530. The Morgan fingerprint density at radius 3 is 2.72 bits per heavy atom. The minimum atomic E-state index is 0.490. The summed E-state index contributed by atoms with van der Waals surface area (Å²) in [6, 6.07) is 9.32. The van der Waals surface area contributed by atoms with Gasteiger partial charge >= 0.3 is 0 Å². The number of halogens is 1. The fourth-order valence-electron chi connectivity index (χ4n) is 3.03. The minimum Gasteiger partial charge on any atom is -0.311 e. The van der Waals surface area contributed by atoms with Gasteiger partial charge in [-0.3, -0.25) is 0 Å². The van der Waals surface area contributed by atoms with Gasteiger partial charge in [0.05, 0.1) is 0 Å². The first kappa shape index (κ1) is 13.9. The highest BCUT2D eigenvalue weighted by Gasteiger charge is 2.31. The average molecular weight is 266 g/mol. The molecule has 1 nitrogen and oxygen atoms in total. The topological polar surface area (TPSA) is 12.0 Å². The number of nitrogens with one attached hydrogen (secondary N) is 1. The lowest BCUT2D eigenvalue weighted by Gasteiger charge is -2.22. The van der Waals surface area contributed by atoms with Crippen molar-refractivity contribution in [2.24, 2.45) is 5.41 Å². The monoisotopic (exact) mass is 265 g/mol. The van der Waals surface area contributed by atoms with Crippen molar-refractivity contribution in [3.8, 4) is 0 Å². The Kier molecular flexibility index (Phi) is 4.34. The van der Waals surface area contributed by atoms with Crippen LogP contribution in [0.2, 0.25) is 5.02 Å². The van der Waals surface area contributed by atoms with Gasteiger partial charge in [-0.1, -0.05) is 43.6 Å². The molecule has 0 radical (unpaired) electrons. The van der Waals surface area contributed by atoms with Crippen LogP contribution in [0.15, 0.2) is 24.3 Å². The van der Waals surface area contributed by atoms with Crippen LogP contribution in [0.3, 0.4) is 0 Å². The van der Waals surface area contributed by atoms with Gasteiger partial charge in [-0.05, 0) is 49.7 Å². The molecule has 1 N–H and O–H groups in total. The average Bonchev–Trinajstić information content (AvgIpc) is 2.61. The standard InChI is InChI=1S/C16H24ClN/c1-12(10-13-6-4-5-7-15(13)17)18-14-8-9-16(2,3)11-14/h4-7,12,14,18H,8-11H2,1-3H3. The van der Waals surface area contributed by atoms with Gasteiger partial charge in [-0.15, -0.1) is 0 Å². The van der Waals surface area contributed by atoms with Crippen LogP contribution in [0.25, 0.3) is 0 Å².